The summed E-state index contributed by atoms with van der Waals surface area (Å²) < 4.78 is 11.0. The highest BCUT2D eigenvalue weighted by Gasteiger charge is 2.19. The summed E-state index contributed by atoms with van der Waals surface area (Å²) in [5.74, 6) is 0.611. The summed E-state index contributed by atoms with van der Waals surface area (Å²) in [5.41, 5.74) is 1.61. The molecule has 0 aliphatic rings. The first-order valence-corrected chi connectivity index (χ1v) is 7.28. The third-order valence-corrected chi connectivity index (χ3v) is 3.46. The zero-order chi connectivity index (χ0) is 17.8. The second-order valence-electron chi connectivity index (χ2n) is 5.16. The Hall–Kier alpha value is -3.73. The molecular weight excluding hydrogens is 324 g/mol. The molecule has 0 aliphatic heterocycles. The molecule has 0 N–H and O–H groups in total. The van der Waals surface area contributed by atoms with Gasteiger partial charge in [-0.1, -0.05) is 12.1 Å². The fourth-order valence-corrected chi connectivity index (χ4v) is 2.24. The molecule has 3 aromatic rings. The second kappa shape index (κ2) is 6.80. The standard InChI is InChI=1S/C17H12N4O4/c1-11-3-2-4-14(16(11)21(22)23)24-10-15-19-20-17(25-15)13-7-5-12(9-18)6-8-13/h2-8H,10H2,1H3. The predicted molar refractivity (Wildman–Crippen MR) is 86.6 cm³/mol. The van der Waals surface area contributed by atoms with Crippen molar-refractivity contribution in [2.45, 2.75) is 13.5 Å². The first-order valence-electron chi connectivity index (χ1n) is 7.28. The highest BCUT2D eigenvalue weighted by atomic mass is 16.6. The monoisotopic (exact) mass is 336 g/mol. The fourth-order valence-electron chi connectivity index (χ4n) is 2.24. The van der Waals surface area contributed by atoms with Gasteiger partial charge < -0.3 is 9.15 Å². The van der Waals surface area contributed by atoms with Gasteiger partial charge in [0, 0.05) is 11.1 Å². The van der Waals surface area contributed by atoms with Crippen LogP contribution in [-0.2, 0) is 6.61 Å². The van der Waals surface area contributed by atoms with Crippen molar-refractivity contribution in [1.82, 2.24) is 10.2 Å². The number of benzene rings is 2. The number of aryl methyl sites for hydroxylation is 1. The van der Waals surface area contributed by atoms with Gasteiger partial charge in [-0.15, -0.1) is 10.2 Å². The molecule has 0 bridgehead atoms. The molecule has 8 heteroatoms. The lowest BCUT2D eigenvalue weighted by atomic mass is 10.1. The van der Waals surface area contributed by atoms with Crippen LogP contribution in [0.1, 0.15) is 17.0 Å². The summed E-state index contributed by atoms with van der Waals surface area (Å²) in [6.45, 7) is 1.55. The molecular formula is C17H12N4O4. The third kappa shape index (κ3) is 3.45. The zero-order valence-corrected chi connectivity index (χ0v) is 13.2. The molecule has 0 amide bonds. The summed E-state index contributed by atoms with van der Waals surface area (Å²) >= 11 is 0. The molecule has 0 fully saturated rings. The lowest BCUT2D eigenvalue weighted by molar-refractivity contribution is -0.386. The second-order valence-corrected chi connectivity index (χ2v) is 5.16. The van der Waals surface area contributed by atoms with E-state index in [2.05, 4.69) is 10.2 Å². The Labute approximate surface area is 142 Å². The highest BCUT2D eigenvalue weighted by molar-refractivity contribution is 5.54. The first kappa shape index (κ1) is 16.1. The average Bonchev–Trinajstić information content (AvgIpc) is 3.08. The van der Waals surface area contributed by atoms with Crippen molar-refractivity contribution in [3.63, 3.8) is 0 Å². The molecule has 0 unspecified atom stereocenters. The smallest absolute Gasteiger partial charge is 0.313 e. The van der Waals surface area contributed by atoms with Crippen LogP contribution in [0.2, 0.25) is 0 Å². The van der Waals surface area contributed by atoms with Gasteiger partial charge in [-0.25, -0.2) is 0 Å². The number of nitro groups is 1. The molecule has 2 aromatic carbocycles. The van der Waals surface area contributed by atoms with E-state index in [1.54, 1.807) is 43.3 Å². The molecule has 0 aliphatic carbocycles. The van der Waals surface area contributed by atoms with E-state index in [9.17, 15) is 10.1 Å². The molecule has 8 nitrogen and oxygen atoms in total. The summed E-state index contributed by atoms with van der Waals surface area (Å²) in [5, 5.41) is 27.7. The van der Waals surface area contributed by atoms with Gasteiger partial charge in [0.25, 0.3) is 5.89 Å². The van der Waals surface area contributed by atoms with Crippen molar-refractivity contribution in [3.05, 3.63) is 69.6 Å². The molecule has 0 radical (unpaired) electrons. The number of hydrogen-bond acceptors (Lipinski definition) is 7. The van der Waals surface area contributed by atoms with E-state index in [-0.39, 0.29) is 29.8 Å². The van der Waals surface area contributed by atoms with E-state index in [1.165, 1.54) is 6.07 Å². The van der Waals surface area contributed by atoms with Crippen LogP contribution in [0.25, 0.3) is 11.5 Å². The Morgan fingerprint density at radius 3 is 2.68 bits per heavy atom. The molecule has 0 saturated carbocycles. The van der Waals surface area contributed by atoms with Crippen molar-refractivity contribution < 1.29 is 14.1 Å². The van der Waals surface area contributed by atoms with Crippen LogP contribution >= 0.6 is 0 Å². The quantitative estimate of drug-likeness (QED) is 0.518. The number of para-hydroxylation sites is 1. The number of nitrogens with zero attached hydrogens (tertiary/aromatic N) is 4. The van der Waals surface area contributed by atoms with Crippen LogP contribution in [0, 0.1) is 28.4 Å². The maximum absolute atomic E-state index is 11.1. The van der Waals surface area contributed by atoms with Crippen molar-refractivity contribution in [2.24, 2.45) is 0 Å². The van der Waals surface area contributed by atoms with Crippen LogP contribution in [0.15, 0.2) is 46.9 Å². The number of nitro benzene ring substituents is 1. The third-order valence-electron chi connectivity index (χ3n) is 3.46. The number of hydrogen-bond donors (Lipinski definition) is 0. The van der Waals surface area contributed by atoms with Crippen LogP contribution in [-0.4, -0.2) is 15.1 Å². The largest absolute Gasteiger partial charge is 0.477 e. The van der Waals surface area contributed by atoms with Gasteiger partial charge in [0.15, 0.2) is 12.4 Å². The van der Waals surface area contributed by atoms with Crippen molar-refractivity contribution in [1.29, 1.82) is 5.26 Å². The Balaban J connectivity index is 1.75. The van der Waals surface area contributed by atoms with Gasteiger partial charge in [-0.3, -0.25) is 10.1 Å². The minimum absolute atomic E-state index is 0.0886. The Kier molecular flexibility index (Phi) is 4.39. The molecule has 1 heterocycles. The summed E-state index contributed by atoms with van der Waals surface area (Å²) in [6, 6.07) is 13.5. The van der Waals surface area contributed by atoms with E-state index in [1.807, 2.05) is 6.07 Å². The maximum Gasteiger partial charge on any atom is 0.313 e. The van der Waals surface area contributed by atoms with Crippen LogP contribution in [0.3, 0.4) is 0 Å². The minimum atomic E-state index is -0.485. The van der Waals surface area contributed by atoms with E-state index < -0.39 is 4.92 Å². The van der Waals surface area contributed by atoms with Gasteiger partial charge >= 0.3 is 5.69 Å². The molecule has 3 rings (SSSR count). The number of nitriles is 1. The van der Waals surface area contributed by atoms with Gasteiger partial charge in [-0.05, 0) is 37.3 Å². The zero-order valence-electron chi connectivity index (χ0n) is 13.2. The van der Waals surface area contributed by atoms with Crippen molar-refractivity contribution >= 4 is 5.69 Å². The Bertz CT molecular complexity index is 958. The van der Waals surface area contributed by atoms with Crippen LogP contribution < -0.4 is 4.74 Å². The lowest BCUT2D eigenvalue weighted by Gasteiger charge is -2.05. The van der Waals surface area contributed by atoms with E-state index in [0.717, 1.165) is 0 Å². The fraction of sp³-hybridized carbons (Fsp3) is 0.118. The van der Waals surface area contributed by atoms with Crippen LogP contribution in [0.4, 0.5) is 5.69 Å². The SMILES string of the molecule is Cc1cccc(OCc2nnc(-c3ccc(C#N)cc3)o2)c1[N+](=O)[O-]. The normalized spacial score (nSPS) is 10.2. The van der Waals surface area contributed by atoms with Gasteiger partial charge in [0.1, 0.15) is 0 Å². The number of aromatic nitrogens is 2. The van der Waals surface area contributed by atoms with Gasteiger partial charge in [0.05, 0.1) is 16.6 Å². The first-order chi connectivity index (χ1) is 12.1. The molecule has 0 spiro atoms. The summed E-state index contributed by atoms with van der Waals surface area (Å²) in [7, 11) is 0. The molecule has 0 atom stereocenters. The topological polar surface area (TPSA) is 115 Å². The number of ether oxygens (including phenoxy) is 1. The minimum Gasteiger partial charge on any atom is -0.477 e. The molecule has 0 saturated heterocycles. The maximum atomic E-state index is 11.1. The van der Waals surface area contributed by atoms with E-state index in [0.29, 0.717) is 16.7 Å². The molecule has 124 valence electrons. The summed E-state index contributed by atoms with van der Waals surface area (Å²) in [4.78, 5) is 10.7. The predicted octanol–water partition coefficient (Wildman–Crippen LogP) is 3.40. The van der Waals surface area contributed by atoms with Gasteiger partial charge in [-0.2, -0.15) is 5.26 Å². The van der Waals surface area contributed by atoms with E-state index in [4.69, 9.17) is 14.4 Å². The molecule has 25 heavy (non-hydrogen) atoms. The molecule has 1 aromatic heterocycles. The summed E-state index contributed by atoms with van der Waals surface area (Å²) in [6.07, 6.45) is 0. The van der Waals surface area contributed by atoms with Crippen LogP contribution in [0.5, 0.6) is 5.75 Å². The van der Waals surface area contributed by atoms with Crippen molar-refractivity contribution in [2.75, 3.05) is 0 Å². The Morgan fingerprint density at radius 1 is 1.24 bits per heavy atom. The Morgan fingerprint density at radius 2 is 2.00 bits per heavy atom. The van der Waals surface area contributed by atoms with Crippen molar-refractivity contribution in [3.8, 4) is 23.3 Å². The van der Waals surface area contributed by atoms with Gasteiger partial charge in [0.2, 0.25) is 5.89 Å². The number of rotatable bonds is 5. The highest BCUT2D eigenvalue weighted by Crippen LogP contribution is 2.30. The van der Waals surface area contributed by atoms with E-state index >= 15 is 0 Å². The lowest BCUT2D eigenvalue weighted by Crippen LogP contribution is -2.00. The average molecular weight is 336 g/mol.